The third-order valence-corrected chi connectivity index (χ3v) is 2.70. The second-order valence-corrected chi connectivity index (χ2v) is 4.33. The van der Waals surface area contributed by atoms with Gasteiger partial charge in [-0.05, 0) is 18.2 Å². The van der Waals surface area contributed by atoms with Gasteiger partial charge in [-0.15, -0.1) is 0 Å². The fourth-order valence-corrected chi connectivity index (χ4v) is 1.77. The van der Waals surface area contributed by atoms with Crippen molar-refractivity contribution in [3.63, 3.8) is 0 Å². The van der Waals surface area contributed by atoms with E-state index in [2.05, 4.69) is 10.4 Å². The molecule has 0 bridgehead atoms. The first kappa shape index (κ1) is 13.7. The number of aryl methyl sites for hydroxylation is 1. The fourth-order valence-electron chi connectivity index (χ4n) is 1.77. The van der Waals surface area contributed by atoms with Crippen LogP contribution in [0.2, 0.25) is 0 Å². The lowest BCUT2D eigenvalue weighted by Crippen LogP contribution is -2.19. The molecule has 0 unspecified atom stereocenters. The topological polar surface area (TPSA) is 34.8 Å². The molecular weight excluding hydrogens is 257 g/mol. The van der Waals surface area contributed by atoms with Crippen LogP contribution >= 0.6 is 0 Å². The Bertz CT molecular complexity index is 527. The Morgan fingerprint density at radius 1 is 1.21 bits per heavy atom. The van der Waals surface area contributed by atoms with Crippen LogP contribution in [0, 0.1) is 0 Å². The van der Waals surface area contributed by atoms with E-state index >= 15 is 0 Å². The largest absolute Gasteiger partial charge is 0.408 e. The maximum absolute atomic E-state index is 12.2. The quantitative estimate of drug-likeness (QED) is 0.904. The van der Waals surface area contributed by atoms with Crippen LogP contribution in [0.25, 0.3) is 0 Å². The molecule has 2 aromatic rings. The number of alkyl halides is 3. The second kappa shape index (κ2) is 5.48. The third kappa shape index (κ3) is 4.13. The Kier molecular flexibility index (Phi) is 3.94. The van der Waals surface area contributed by atoms with E-state index < -0.39 is 12.7 Å². The molecule has 7 heteroatoms. The van der Waals surface area contributed by atoms with Crippen molar-refractivity contribution in [1.29, 1.82) is 0 Å². The first-order valence-corrected chi connectivity index (χ1v) is 5.84. The van der Waals surface area contributed by atoms with Crippen molar-refractivity contribution >= 4 is 0 Å². The molecule has 0 aliphatic rings. The number of rotatable bonds is 5. The summed E-state index contributed by atoms with van der Waals surface area (Å²) in [4.78, 5) is 0. The predicted molar refractivity (Wildman–Crippen MR) is 64.2 cm³/mol. The highest BCUT2D eigenvalue weighted by atomic mass is 19.4. The van der Waals surface area contributed by atoms with Crippen LogP contribution in [-0.2, 0) is 26.7 Å². The number of halogens is 3. The van der Waals surface area contributed by atoms with Gasteiger partial charge >= 0.3 is 6.18 Å². The Balaban J connectivity index is 1.82. The summed E-state index contributed by atoms with van der Waals surface area (Å²) in [5.74, 6) is 0. The van der Waals surface area contributed by atoms with Gasteiger partial charge in [-0.3, -0.25) is 4.68 Å². The minimum atomic E-state index is -4.24. The summed E-state index contributed by atoms with van der Waals surface area (Å²) in [5.41, 5.74) is 1.70. The molecule has 0 aromatic carbocycles. The molecule has 0 aliphatic carbocycles. The van der Waals surface area contributed by atoms with Crippen molar-refractivity contribution in [2.75, 3.05) is 0 Å². The van der Waals surface area contributed by atoms with E-state index in [9.17, 15) is 13.2 Å². The van der Waals surface area contributed by atoms with E-state index in [4.69, 9.17) is 0 Å². The Morgan fingerprint density at radius 3 is 2.63 bits per heavy atom. The van der Waals surface area contributed by atoms with E-state index in [0.717, 1.165) is 10.4 Å². The molecule has 2 aromatic heterocycles. The molecule has 104 valence electrons. The minimum absolute atomic E-state index is 0.441. The predicted octanol–water partition coefficient (Wildman–Crippen LogP) is 2.07. The zero-order chi connectivity index (χ0) is 13.9. The molecule has 0 spiro atoms. The van der Waals surface area contributed by atoms with Crippen molar-refractivity contribution in [3.8, 4) is 0 Å². The van der Waals surface area contributed by atoms with Crippen molar-refractivity contribution < 1.29 is 13.2 Å². The first-order chi connectivity index (χ1) is 8.94. The number of nitrogens with one attached hydrogen (secondary N) is 1. The number of hydrogen-bond acceptors (Lipinski definition) is 2. The fraction of sp³-hybridized carbons (Fsp3) is 0.417. The molecule has 2 rings (SSSR count). The molecule has 0 radical (unpaired) electrons. The molecule has 4 nitrogen and oxygen atoms in total. The maximum atomic E-state index is 12.2. The molecule has 0 fully saturated rings. The molecule has 19 heavy (non-hydrogen) atoms. The number of nitrogens with zero attached hydrogens (tertiary/aromatic N) is 3. The highest BCUT2D eigenvalue weighted by Gasteiger charge is 2.28. The molecule has 0 aliphatic heterocycles. The Labute approximate surface area is 108 Å². The average molecular weight is 272 g/mol. The SMILES string of the molecule is Cn1cccc1CNCc1ccn(CC(F)(F)F)n1. The van der Waals surface area contributed by atoms with E-state index in [1.165, 1.54) is 6.20 Å². The Hall–Kier alpha value is -1.76. The van der Waals surface area contributed by atoms with Crippen LogP contribution < -0.4 is 5.32 Å². The lowest BCUT2D eigenvalue weighted by atomic mass is 10.4. The summed E-state index contributed by atoms with van der Waals surface area (Å²) >= 11 is 0. The molecule has 1 N–H and O–H groups in total. The van der Waals surface area contributed by atoms with Gasteiger partial charge in [-0.25, -0.2) is 0 Å². The van der Waals surface area contributed by atoms with Crippen LogP contribution in [0.1, 0.15) is 11.4 Å². The van der Waals surface area contributed by atoms with Crippen molar-refractivity contribution in [1.82, 2.24) is 19.7 Å². The van der Waals surface area contributed by atoms with Crippen LogP contribution in [0.15, 0.2) is 30.6 Å². The van der Waals surface area contributed by atoms with Gasteiger partial charge in [0.2, 0.25) is 0 Å². The van der Waals surface area contributed by atoms with E-state index in [0.29, 0.717) is 18.8 Å². The van der Waals surface area contributed by atoms with E-state index in [1.807, 2.05) is 29.9 Å². The molecule has 0 saturated carbocycles. The zero-order valence-electron chi connectivity index (χ0n) is 10.5. The van der Waals surface area contributed by atoms with Crippen LogP contribution in [0.5, 0.6) is 0 Å². The van der Waals surface area contributed by atoms with Gasteiger partial charge in [0, 0.05) is 38.2 Å². The van der Waals surface area contributed by atoms with Crippen LogP contribution in [0.4, 0.5) is 13.2 Å². The first-order valence-electron chi connectivity index (χ1n) is 5.84. The summed E-state index contributed by atoms with van der Waals surface area (Å²) in [6.07, 6.45) is -0.956. The standard InChI is InChI=1S/C12H15F3N4/c1-18-5-2-3-11(18)8-16-7-10-4-6-19(17-10)9-12(13,14)15/h2-6,16H,7-9H2,1H3. The lowest BCUT2D eigenvalue weighted by molar-refractivity contribution is -0.142. The van der Waals surface area contributed by atoms with Crippen molar-refractivity contribution in [2.45, 2.75) is 25.8 Å². The molecule has 0 saturated heterocycles. The summed E-state index contributed by atoms with van der Waals surface area (Å²) < 4.78 is 39.3. The highest BCUT2D eigenvalue weighted by Crippen LogP contribution is 2.16. The van der Waals surface area contributed by atoms with Gasteiger partial charge in [0.25, 0.3) is 0 Å². The van der Waals surface area contributed by atoms with Gasteiger partial charge < -0.3 is 9.88 Å². The summed E-state index contributed by atoms with van der Waals surface area (Å²) in [6, 6.07) is 5.51. The maximum Gasteiger partial charge on any atom is 0.408 e. The summed E-state index contributed by atoms with van der Waals surface area (Å²) in [5, 5.41) is 7.01. The van der Waals surface area contributed by atoms with Gasteiger partial charge in [-0.2, -0.15) is 18.3 Å². The monoisotopic (exact) mass is 272 g/mol. The van der Waals surface area contributed by atoms with Gasteiger partial charge in [0.1, 0.15) is 6.54 Å². The minimum Gasteiger partial charge on any atom is -0.353 e. The van der Waals surface area contributed by atoms with E-state index in [1.54, 1.807) is 6.07 Å². The highest BCUT2D eigenvalue weighted by molar-refractivity contribution is 5.06. The van der Waals surface area contributed by atoms with Crippen molar-refractivity contribution in [3.05, 3.63) is 42.0 Å². The van der Waals surface area contributed by atoms with Gasteiger partial charge in [0.05, 0.1) is 5.69 Å². The smallest absolute Gasteiger partial charge is 0.353 e. The Morgan fingerprint density at radius 2 is 2.00 bits per heavy atom. The van der Waals surface area contributed by atoms with Crippen molar-refractivity contribution in [2.24, 2.45) is 7.05 Å². The summed E-state index contributed by atoms with van der Waals surface area (Å²) in [7, 11) is 1.94. The summed E-state index contributed by atoms with van der Waals surface area (Å²) in [6.45, 7) is 0.0382. The third-order valence-electron chi connectivity index (χ3n) is 2.70. The van der Waals surface area contributed by atoms with Crippen LogP contribution in [-0.4, -0.2) is 20.5 Å². The van der Waals surface area contributed by atoms with Crippen LogP contribution in [0.3, 0.4) is 0 Å². The van der Waals surface area contributed by atoms with E-state index in [-0.39, 0.29) is 0 Å². The van der Waals surface area contributed by atoms with Gasteiger partial charge in [-0.1, -0.05) is 0 Å². The molecule has 0 atom stereocenters. The molecular formula is C12H15F3N4. The number of aromatic nitrogens is 3. The lowest BCUT2D eigenvalue weighted by Gasteiger charge is -2.06. The zero-order valence-corrected chi connectivity index (χ0v) is 10.5. The normalized spacial score (nSPS) is 12.0. The molecule has 0 amide bonds. The van der Waals surface area contributed by atoms with Gasteiger partial charge in [0.15, 0.2) is 0 Å². The molecule has 2 heterocycles. The number of hydrogen-bond donors (Lipinski definition) is 1. The second-order valence-electron chi connectivity index (χ2n) is 4.33. The average Bonchev–Trinajstić information content (AvgIpc) is 2.87.